The predicted octanol–water partition coefficient (Wildman–Crippen LogP) is 2.20. The number of methoxy groups -OCH3 is 1. The van der Waals surface area contributed by atoms with Crippen LogP contribution in [-0.4, -0.2) is 34.1 Å². The van der Waals surface area contributed by atoms with Crippen molar-refractivity contribution in [2.24, 2.45) is 11.7 Å². The number of esters is 1. The van der Waals surface area contributed by atoms with Crippen LogP contribution in [0.5, 0.6) is 0 Å². The van der Waals surface area contributed by atoms with Crippen molar-refractivity contribution in [1.82, 2.24) is 4.72 Å². The van der Waals surface area contributed by atoms with Crippen LogP contribution >= 0.6 is 24.0 Å². The standard InChI is InChI=1S/C14H21ClN2O4S.ClH/c1-9(2)6-11(8-16)17-22(19,20)13-5-4-10(7-12(13)15)14(18)21-3;/h4-5,7,9,11,17H,6,8,16H2,1-3H3;1H. The van der Waals surface area contributed by atoms with Crippen molar-refractivity contribution in [1.29, 1.82) is 0 Å². The van der Waals surface area contributed by atoms with Gasteiger partial charge in [0.05, 0.1) is 17.7 Å². The molecule has 1 rings (SSSR count). The van der Waals surface area contributed by atoms with Crippen LogP contribution in [0.2, 0.25) is 5.02 Å². The summed E-state index contributed by atoms with van der Waals surface area (Å²) < 4.78 is 31.9. The van der Waals surface area contributed by atoms with Gasteiger partial charge in [-0.2, -0.15) is 0 Å². The van der Waals surface area contributed by atoms with E-state index in [0.717, 1.165) is 0 Å². The van der Waals surface area contributed by atoms with Gasteiger partial charge < -0.3 is 10.5 Å². The largest absolute Gasteiger partial charge is 0.465 e. The Labute approximate surface area is 148 Å². The summed E-state index contributed by atoms with van der Waals surface area (Å²) >= 11 is 5.99. The molecule has 9 heteroatoms. The molecule has 0 radical (unpaired) electrons. The Balaban J connectivity index is 0.00000484. The molecule has 0 aliphatic heterocycles. The second-order valence-corrected chi connectivity index (χ2v) is 7.41. The van der Waals surface area contributed by atoms with Gasteiger partial charge in [-0.25, -0.2) is 17.9 Å². The van der Waals surface area contributed by atoms with E-state index in [1.54, 1.807) is 0 Å². The third kappa shape index (κ3) is 6.27. The maximum Gasteiger partial charge on any atom is 0.337 e. The summed E-state index contributed by atoms with van der Waals surface area (Å²) in [6.45, 7) is 4.15. The number of nitrogens with two attached hydrogens (primary N) is 1. The fraction of sp³-hybridized carbons (Fsp3) is 0.500. The molecule has 23 heavy (non-hydrogen) atoms. The molecule has 0 saturated carbocycles. The van der Waals surface area contributed by atoms with Gasteiger partial charge in [-0.05, 0) is 30.5 Å². The number of carbonyl (C=O) groups is 1. The van der Waals surface area contributed by atoms with Crippen molar-refractivity contribution >= 4 is 40.0 Å². The second-order valence-electron chi connectivity index (χ2n) is 5.32. The van der Waals surface area contributed by atoms with Crippen LogP contribution in [-0.2, 0) is 14.8 Å². The highest BCUT2D eigenvalue weighted by molar-refractivity contribution is 7.89. The maximum absolute atomic E-state index is 12.4. The summed E-state index contributed by atoms with van der Waals surface area (Å²) in [5.41, 5.74) is 5.79. The first-order valence-corrected chi connectivity index (χ1v) is 8.67. The molecule has 0 spiro atoms. The van der Waals surface area contributed by atoms with Gasteiger partial charge in [0.1, 0.15) is 4.90 Å². The summed E-state index contributed by atoms with van der Waals surface area (Å²) in [6, 6.07) is 3.52. The molecule has 0 aromatic heterocycles. The zero-order valence-corrected chi connectivity index (χ0v) is 15.6. The lowest BCUT2D eigenvalue weighted by Crippen LogP contribution is -2.41. The van der Waals surface area contributed by atoms with Crippen molar-refractivity contribution in [2.75, 3.05) is 13.7 Å². The number of ether oxygens (including phenoxy) is 1. The zero-order valence-electron chi connectivity index (χ0n) is 13.2. The molecule has 1 aromatic rings. The van der Waals surface area contributed by atoms with Crippen LogP contribution in [0.4, 0.5) is 0 Å². The van der Waals surface area contributed by atoms with Crippen molar-refractivity contribution in [3.8, 4) is 0 Å². The molecule has 132 valence electrons. The molecule has 0 amide bonds. The molecular formula is C14H22Cl2N2O4S. The number of rotatable bonds is 7. The number of sulfonamides is 1. The van der Waals surface area contributed by atoms with Gasteiger partial charge in [0, 0.05) is 12.6 Å². The van der Waals surface area contributed by atoms with E-state index >= 15 is 0 Å². The minimum absolute atomic E-state index is 0. The van der Waals surface area contributed by atoms with Gasteiger partial charge in [0.25, 0.3) is 0 Å². The maximum atomic E-state index is 12.4. The lowest BCUT2D eigenvalue weighted by molar-refractivity contribution is 0.0600. The second kappa shape index (κ2) is 9.44. The molecule has 0 fully saturated rings. The lowest BCUT2D eigenvalue weighted by atomic mass is 10.1. The summed E-state index contributed by atoms with van der Waals surface area (Å²) in [4.78, 5) is 11.3. The van der Waals surface area contributed by atoms with Crippen LogP contribution < -0.4 is 10.5 Å². The first-order chi connectivity index (χ1) is 10.2. The molecular weight excluding hydrogens is 363 g/mol. The van der Waals surface area contributed by atoms with E-state index in [4.69, 9.17) is 17.3 Å². The molecule has 0 aliphatic carbocycles. The molecule has 6 nitrogen and oxygen atoms in total. The predicted molar refractivity (Wildman–Crippen MR) is 92.7 cm³/mol. The van der Waals surface area contributed by atoms with E-state index in [2.05, 4.69) is 9.46 Å². The van der Waals surface area contributed by atoms with Crippen molar-refractivity contribution in [3.05, 3.63) is 28.8 Å². The van der Waals surface area contributed by atoms with E-state index in [1.165, 1.54) is 25.3 Å². The summed E-state index contributed by atoms with van der Waals surface area (Å²) in [5.74, 6) is -0.285. The Kier molecular flexibility index (Phi) is 9.09. The van der Waals surface area contributed by atoms with Gasteiger partial charge in [-0.15, -0.1) is 12.4 Å². The van der Waals surface area contributed by atoms with E-state index in [1.807, 2.05) is 13.8 Å². The molecule has 0 heterocycles. The first-order valence-electron chi connectivity index (χ1n) is 6.81. The highest BCUT2D eigenvalue weighted by Crippen LogP contribution is 2.23. The minimum atomic E-state index is -3.81. The molecule has 0 aliphatic rings. The van der Waals surface area contributed by atoms with E-state index in [9.17, 15) is 13.2 Å². The van der Waals surface area contributed by atoms with E-state index in [-0.39, 0.29) is 40.5 Å². The Hall–Kier alpha value is -0.860. The van der Waals surface area contributed by atoms with Crippen LogP contribution in [0.3, 0.4) is 0 Å². The lowest BCUT2D eigenvalue weighted by Gasteiger charge is -2.19. The molecule has 1 unspecified atom stereocenters. The van der Waals surface area contributed by atoms with Crippen LogP contribution in [0, 0.1) is 5.92 Å². The number of benzene rings is 1. The first kappa shape index (κ1) is 22.1. The number of carbonyl (C=O) groups excluding carboxylic acids is 1. The topological polar surface area (TPSA) is 98.5 Å². The SMILES string of the molecule is COC(=O)c1ccc(S(=O)(=O)NC(CN)CC(C)C)c(Cl)c1.Cl. The average molecular weight is 385 g/mol. The van der Waals surface area contributed by atoms with Crippen LogP contribution in [0.15, 0.2) is 23.1 Å². The third-order valence-corrected chi connectivity index (χ3v) is 5.01. The Bertz CT molecular complexity index is 636. The fourth-order valence-corrected chi connectivity index (χ4v) is 3.81. The Morgan fingerprint density at radius 3 is 2.43 bits per heavy atom. The van der Waals surface area contributed by atoms with Crippen molar-refractivity contribution in [3.63, 3.8) is 0 Å². The summed E-state index contributed by atoms with van der Waals surface area (Å²) in [7, 11) is -2.57. The normalized spacial score (nSPS) is 12.6. The van der Waals surface area contributed by atoms with Gasteiger partial charge in [0.2, 0.25) is 10.0 Å². The van der Waals surface area contributed by atoms with Crippen molar-refractivity contribution in [2.45, 2.75) is 31.2 Å². The monoisotopic (exact) mass is 384 g/mol. The average Bonchev–Trinajstić information content (AvgIpc) is 2.44. The number of hydrogen-bond donors (Lipinski definition) is 2. The smallest absolute Gasteiger partial charge is 0.337 e. The van der Waals surface area contributed by atoms with Crippen LogP contribution in [0.25, 0.3) is 0 Å². The summed E-state index contributed by atoms with van der Waals surface area (Å²) in [5, 5.41) is -0.0456. The van der Waals surface area contributed by atoms with Crippen LogP contribution in [0.1, 0.15) is 30.6 Å². The molecule has 1 aromatic carbocycles. The van der Waals surface area contributed by atoms with Gasteiger partial charge >= 0.3 is 5.97 Å². The number of halogens is 2. The third-order valence-electron chi connectivity index (χ3n) is 3.00. The number of nitrogens with one attached hydrogen (secondary N) is 1. The minimum Gasteiger partial charge on any atom is -0.465 e. The highest BCUT2D eigenvalue weighted by Gasteiger charge is 2.23. The van der Waals surface area contributed by atoms with Gasteiger partial charge in [0.15, 0.2) is 0 Å². The molecule has 0 bridgehead atoms. The van der Waals surface area contributed by atoms with Crippen molar-refractivity contribution < 1.29 is 17.9 Å². The highest BCUT2D eigenvalue weighted by atomic mass is 35.5. The molecule has 3 N–H and O–H groups in total. The van der Waals surface area contributed by atoms with E-state index < -0.39 is 16.0 Å². The quantitative estimate of drug-likeness (QED) is 0.702. The zero-order chi connectivity index (χ0) is 16.9. The Morgan fingerprint density at radius 2 is 2.00 bits per heavy atom. The number of hydrogen-bond acceptors (Lipinski definition) is 5. The molecule has 1 atom stereocenters. The van der Waals surface area contributed by atoms with Gasteiger partial charge in [-0.3, -0.25) is 0 Å². The van der Waals surface area contributed by atoms with E-state index in [0.29, 0.717) is 12.3 Å². The summed E-state index contributed by atoms with van der Waals surface area (Å²) in [6.07, 6.45) is 0.619. The Morgan fingerprint density at radius 1 is 1.39 bits per heavy atom. The van der Waals surface area contributed by atoms with Gasteiger partial charge in [-0.1, -0.05) is 25.4 Å². The molecule has 0 saturated heterocycles. The fourth-order valence-electron chi connectivity index (χ4n) is 2.01.